The van der Waals surface area contributed by atoms with E-state index in [0.717, 1.165) is 19.2 Å². The predicted octanol–water partition coefficient (Wildman–Crippen LogP) is 0.765. The fourth-order valence-electron chi connectivity index (χ4n) is 3.74. The Morgan fingerprint density at radius 1 is 1.39 bits per heavy atom. The first kappa shape index (κ1) is 14.3. The summed E-state index contributed by atoms with van der Waals surface area (Å²) < 4.78 is 5.31. The summed E-state index contributed by atoms with van der Waals surface area (Å²) in [5, 5.41) is 0. The topological polar surface area (TPSA) is 41.7 Å². The van der Waals surface area contributed by atoms with Gasteiger partial charge in [-0.25, -0.2) is 0 Å². The average Bonchev–Trinajstić information content (AvgIpc) is 2.77. The van der Waals surface area contributed by atoms with Gasteiger partial charge in [0.25, 0.3) is 0 Å². The zero-order valence-electron chi connectivity index (χ0n) is 12.1. The minimum absolute atomic E-state index is 0.461. The van der Waals surface area contributed by atoms with E-state index < -0.39 is 0 Å². The molecule has 0 aliphatic carbocycles. The van der Waals surface area contributed by atoms with Crippen LogP contribution in [0.2, 0.25) is 0 Å². The van der Waals surface area contributed by atoms with Crippen molar-refractivity contribution in [1.82, 2.24) is 9.80 Å². The molecule has 0 radical (unpaired) electrons. The molecule has 2 N–H and O–H groups in total. The molecule has 4 atom stereocenters. The molecule has 18 heavy (non-hydrogen) atoms. The molecule has 0 spiro atoms. The van der Waals surface area contributed by atoms with Crippen molar-refractivity contribution in [3.05, 3.63) is 0 Å². The quantitative estimate of drug-likeness (QED) is 0.788. The average molecular weight is 255 g/mol. The smallest absolute Gasteiger partial charge is 0.0503 e. The third kappa shape index (κ3) is 2.87. The van der Waals surface area contributed by atoms with Crippen LogP contribution in [0, 0.1) is 5.92 Å². The Morgan fingerprint density at radius 3 is 2.83 bits per heavy atom. The lowest BCUT2D eigenvalue weighted by Crippen LogP contribution is -2.61. The Morgan fingerprint density at radius 2 is 2.17 bits per heavy atom. The second-order valence-corrected chi connectivity index (χ2v) is 6.07. The third-order valence-electron chi connectivity index (χ3n) is 4.74. The zero-order valence-corrected chi connectivity index (χ0v) is 12.1. The number of nitrogens with zero attached hydrogens (tertiary/aromatic N) is 2. The molecule has 2 aliphatic rings. The Labute approximate surface area is 111 Å². The van der Waals surface area contributed by atoms with Crippen molar-refractivity contribution in [3.8, 4) is 0 Å². The number of ether oxygens (including phenoxy) is 1. The van der Waals surface area contributed by atoms with Gasteiger partial charge in [0.1, 0.15) is 0 Å². The van der Waals surface area contributed by atoms with E-state index in [-0.39, 0.29) is 0 Å². The molecular weight excluding hydrogens is 226 g/mol. The fourth-order valence-corrected chi connectivity index (χ4v) is 3.74. The molecule has 0 aromatic rings. The summed E-state index contributed by atoms with van der Waals surface area (Å²) in [7, 11) is 1.78. The molecule has 2 fully saturated rings. The van der Waals surface area contributed by atoms with E-state index in [1.807, 2.05) is 0 Å². The van der Waals surface area contributed by atoms with Gasteiger partial charge in [-0.1, -0.05) is 6.92 Å². The number of fused-ring (bicyclic) bond motifs is 1. The van der Waals surface area contributed by atoms with Crippen LogP contribution in [-0.4, -0.2) is 67.8 Å². The summed E-state index contributed by atoms with van der Waals surface area (Å²) >= 11 is 0. The van der Waals surface area contributed by atoms with Crippen LogP contribution in [0.5, 0.6) is 0 Å². The fraction of sp³-hybridized carbons (Fsp3) is 1.00. The van der Waals surface area contributed by atoms with Gasteiger partial charge < -0.3 is 10.5 Å². The largest absolute Gasteiger partial charge is 0.384 e. The van der Waals surface area contributed by atoms with Crippen LogP contribution in [0.3, 0.4) is 0 Å². The second-order valence-electron chi connectivity index (χ2n) is 6.07. The first-order chi connectivity index (χ1) is 8.67. The van der Waals surface area contributed by atoms with E-state index in [9.17, 15) is 0 Å². The van der Waals surface area contributed by atoms with Gasteiger partial charge in [0.15, 0.2) is 0 Å². The summed E-state index contributed by atoms with van der Waals surface area (Å²) in [5.41, 5.74) is 6.02. The number of hydrogen-bond donors (Lipinski definition) is 1. The Hall–Kier alpha value is -0.160. The highest BCUT2D eigenvalue weighted by molar-refractivity contribution is 4.94. The molecule has 4 nitrogen and oxygen atoms in total. The molecule has 0 saturated carbocycles. The molecule has 2 saturated heterocycles. The normalized spacial score (nSPS) is 33.3. The van der Waals surface area contributed by atoms with E-state index in [4.69, 9.17) is 10.5 Å². The molecule has 2 aliphatic heterocycles. The van der Waals surface area contributed by atoms with Gasteiger partial charge in [0.2, 0.25) is 0 Å². The van der Waals surface area contributed by atoms with Gasteiger partial charge in [0, 0.05) is 44.9 Å². The minimum Gasteiger partial charge on any atom is -0.384 e. The van der Waals surface area contributed by atoms with E-state index in [0.29, 0.717) is 18.0 Å². The minimum atomic E-state index is 0.461. The van der Waals surface area contributed by atoms with Crippen LogP contribution < -0.4 is 5.73 Å². The van der Waals surface area contributed by atoms with Crippen molar-refractivity contribution in [2.45, 2.75) is 44.8 Å². The van der Waals surface area contributed by atoms with Crippen LogP contribution in [0.25, 0.3) is 0 Å². The SMILES string of the molecule is COCC(C)C(CN)N1CC2CCCN2CC1C. The summed E-state index contributed by atoms with van der Waals surface area (Å²) in [6, 6.07) is 1.85. The highest BCUT2D eigenvalue weighted by Crippen LogP contribution is 2.27. The highest BCUT2D eigenvalue weighted by atomic mass is 16.5. The van der Waals surface area contributed by atoms with Crippen molar-refractivity contribution in [3.63, 3.8) is 0 Å². The van der Waals surface area contributed by atoms with Crippen LogP contribution >= 0.6 is 0 Å². The molecule has 0 bridgehead atoms. The van der Waals surface area contributed by atoms with Crippen molar-refractivity contribution in [1.29, 1.82) is 0 Å². The van der Waals surface area contributed by atoms with Gasteiger partial charge in [0.05, 0.1) is 6.61 Å². The van der Waals surface area contributed by atoms with Crippen molar-refractivity contribution in [2.75, 3.05) is 39.9 Å². The van der Waals surface area contributed by atoms with E-state index >= 15 is 0 Å². The van der Waals surface area contributed by atoms with Gasteiger partial charge in [-0.05, 0) is 32.2 Å². The lowest BCUT2D eigenvalue weighted by Gasteiger charge is -2.47. The Kier molecular flexibility index (Phi) is 5.01. The maximum absolute atomic E-state index is 6.02. The van der Waals surface area contributed by atoms with Gasteiger partial charge in [-0.3, -0.25) is 9.80 Å². The van der Waals surface area contributed by atoms with E-state index in [2.05, 4.69) is 23.6 Å². The van der Waals surface area contributed by atoms with Gasteiger partial charge >= 0.3 is 0 Å². The molecule has 0 aromatic carbocycles. The predicted molar refractivity (Wildman–Crippen MR) is 74.6 cm³/mol. The molecular formula is C14H29N3O. The van der Waals surface area contributed by atoms with Crippen molar-refractivity contribution < 1.29 is 4.74 Å². The number of nitrogens with two attached hydrogens (primary N) is 1. The van der Waals surface area contributed by atoms with Crippen molar-refractivity contribution >= 4 is 0 Å². The highest BCUT2D eigenvalue weighted by Gasteiger charge is 2.38. The number of piperazine rings is 1. The summed E-state index contributed by atoms with van der Waals surface area (Å²) in [6.45, 7) is 9.84. The van der Waals surface area contributed by atoms with Gasteiger partial charge in [-0.15, -0.1) is 0 Å². The number of hydrogen-bond acceptors (Lipinski definition) is 4. The molecule has 4 heteroatoms. The van der Waals surface area contributed by atoms with Crippen LogP contribution in [0.4, 0.5) is 0 Å². The maximum atomic E-state index is 6.02. The first-order valence-corrected chi connectivity index (χ1v) is 7.36. The van der Waals surface area contributed by atoms with Gasteiger partial charge in [-0.2, -0.15) is 0 Å². The summed E-state index contributed by atoms with van der Waals surface area (Å²) in [5.74, 6) is 0.510. The lowest BCUT2D eigenvalue weighted by atomic mass is 9.96. The van der Waals surface area contributed by atoms with E-state index in [1.54, 1.807) is 7.11 Å². The summed E-state index contributed by atoms with van der Waals surface area (Å²) in [4.78, 5) is 5.30. The molecule has 0 amide bonds. The molecule has 106 valence electrons. The van der Waals surface area contributed by atoms with Crippen molar-refractivity contribution in [2.24, 2.45) is 11.7 Å². The summed E-state index contributed by atoms with van der Waals surface area (Å²) in [6.07, 6.45) is 2.73. The monoisotopic (exact) mass is 255 g/mol. The van der Waals surface area contributed by atoms with E-state index in [1.165, 1.54) is 32.5 Å². The Balaban J connectivity index is 2.00. The lowest BCUT2D eigenvalue weighted by molar-refractivity contribution is -0.000436. The standard InChI is InChI=1S/C14H29N3O/c1-11(10-18-3)14(7-15)17-9-13-5-4-6-16(13)8-12(17)2/h11-14H,4-10,15H2,1-3H3. The molecule has 2 rings (SSSR count). The number of rotatable bonds is 5. The molecule has 4 unspecified atom stereocenters. The van der Waals surface area contributed by atoms with Crippen LogP contribution in [0.15, 0.2) is 0 Å². The van der Waals surface area contributed by atoms with Crippen LogP contribution in [0.1, 0.15) is 26.7 Å². The second kappa shape index (κ2) is 6.33. The molecule has 0 aromatic heterocycles. The first-order valence-electron chi connectivity index (χ1n) is 7.36. The molecule has 2 heterocycles. The van der Waals surface area contributed by atoms with Crippen LogP contribution in [-0.2, 0) is 4.74 Å². The maximum Gasteiger partial charge on any atom is 0.0503 e. The number of methoxy groups -OCH3 is 1. The Bertz CT molecular complexity index is 261. The third-order valence-corrected chi connectivity index (χ3v) is 4.74. The zero-order chi connectivity index (χ0) is 13.1.